The van der Waals surface area contributed by atoms with E-state index in [-0.39, 0.29) is 5.56 Å². The summed E-state index contributed by atoms with van der Waals surface area (Å²) >= 11 is 0. The highest BCUT2D eigenvalue weighted by Crippen LogP contribution is 2.25. The van der Waals surface area contributed by atoms with E-state index in [2.05, 4.69) is 11.8 Å². The van der Waals surface area contributed by atoms with Gasteiger partial charge in [0.05, 0.1) is 0 Å². The van der Waals surface area contributed by atoms with Crippen LogP contribution in [0.5, 0.6) is 0 Å². The SMILES string of the molecule is CCN(Cc1cccc(C(F)F)c1)C1CCC(N)CC1. The highest BCUT2D eigenvalue weighted by molar-refractivity contribution is 5.24. The van der Waals surface area contributed by atoms with Gasteiger partial charge >= 0.3 is 0 Å². The molecule has 0 amide bonds. The van der Waals surface area contributed by atoms with Crippen LogP contribution in [-0.2, 0) is 6.54 Å². The molecule has 0 radical (unpaired) electrons. The summed E-state index contributed by atoms with van der Waals surface area (Å²) in [5, 5.41) is 0. The second kappa shape index (κ2) is 7.14. The van der Waals surface area contributed by atoms with Gasteiger partial charge in [0.2, 0.25) is 0 Å². The second-order valence-electron chi connectivity index (χ2n) is 5.68. The summed E-state index contributed by atoms with van der Waals surface area (Å²) < 4.78 is 25.5. The molecule has 0 atom stereocenters. The summed E-state index contributed by atoms with van der Waals surface area (Å²) in [4.78, 5) is 2.39. The fraction of sp³-hybridized carbons (Fsp3) is 0.625. The number of hydrogen-bond acceptors (Lipinski definition) is 2. The lowest BCUT2D eigenvalue weighted by Gasteiger charge is -2.35. The molecule has 2 N–H and O–H groups in total. The van der Waals surface area contributed by atoms with Gasteiger partial charge < -0.3 is 5.73 Å². The molecule has 2 nitrogen and oxygen atoms in total. The van der Waals surface area contributed by atoms with Crippen LogP contribution in [0.15, 0.2) is 24.3 Å². The largest absolute Gasteiger partial charge is 0.328 e. The van der Waals surface area contributed by atoms with Crippen LogP contribution in [0, 0.1) is 0 Å². The summed E-state index contributed by atoms with van der Waals surface area (Å²) in [6.07, 6.45) is 1.97. The van der Waals surface area contributed by atoms with Crippen molar-refractivity contribution >= 4 is 0 Å². The van der Waals surface area contributed by atoms with Crippen LogP contribution in [0.1, 0.15) is 50.2 Å². The Hall–Kier alpha value is -1.00. The first-order valence-corrected chi connectivity index (χ1v) is 7.46. The lowest BCUT2D eigenvalue weighted by atomic mass is 9.90. The third-order valence-corrected chi connectivity index (χ3v) is 4.25. The van der Waals surface area contributed by atoms with Gasteiger partial charge in [-0.1, -0.05) is 25.1 Å². The van der Waals surface area contributed by atoms with E-state index < -0.39 is 6.43 Å². The average molecular weight is 282 g/mol. The van der Waals surface area contributed by atoms with Crippen LogP contribution in [0.3, 0.4) is 0 Å². The smallest absolute Gasteiger partial charge is 0.263 e. The van der Waals surface area contributed by atoms with Gasteiger partial charge in [-0.3, -0.25) is 4.90 Å². The summed E-state index contributed by atoms with van der Waals surface area (Å²) in [6, 6.07) is 7.65. The number of halogens is 2. The van der Waals surface area contributed by atoms with Gasteiger partial charge in [-0.25, -0.2) is 8.78 Å². The number of alkyl halides is 2. The monoisotopic (exact) mass is 282 g/mol. The molecule has 2 rings (SSSR count). The summed E-state index contributed by atoms with van der Waals surface area (Å²) in [7, 11) is 0. The Labute approximate surface area is 120 Å². The normalized spacial score (nSPS) is 23.5. The summed E-state index contributed by atoms with van der Waals surface area (Å²) in [5.41, 5.74) is 7.03. The van der Waals surface area contributed by atoms with E-state index in [0.717, 1.165) is 44.3 Å². The van der Waals surface area contributed by atoms with Crippen molar-refractivity contribution in [1.82, 2.24) is 4.90 Å². The molecule has 0 spiro atoms. The molecule has 0 bridgehead atoms. The number of rotatable bonds is 5. The van der Waals surface area contributed by atoms with Crippen LogP contribution >= 0.6 is 0 Å². The van der Waals surface area contributed by atoms with Gasteiger partial charge in [0.25, 0.3) is 6.43 Å². The molecule has 0 aliphatic heterocycles. The van der Waals surface area contributed by atoms with Gasteiger partial charge in [-0.15, -0.1) is 0 Å². The number of nitrogens with two attached hydrogens (primary N) is 1. The Bertz CT molecular complexity index is 415. The van der Waals surface area contributed by atoms with E-state index in [1.807, 2.05) is 6.07 Å². The number of hydrogen-bond donors (Lipinski definition) is 1. The van der Waals surface area contributed by atoms with Crippen molar-refractivity contribution in [3.05, 3.63) is 35.4 Å². The minimum absolute atomic E-state index is 0.115. The van der Waals surface area contributed by atoms with E-state index >= 15 is 0 Å². The van der Waals surface area contributed by atoms with Crippen molar-refractivity contribution in [2.75, 3.05) is 6.54 Å². The van der Waals surface area contributed by atoms with Gasteiger partial charge in [-0.2, -0.15) is 0 Å². The summed E-state index contributed by atoms with van der Waals surface area (Å²) in [5.74, 6) is 0. The quantitative estimate of drug-likeness (QED) is 0.892. The van der Waals surface area contributed by atoms with Crippen molar-refractivity contribution < 1.29 is 8.78 Å². The molecule has 1 saturated carbocycles. The maximum atomic E-state index is 12.7. The van der Waals surface area contributed by atoms with Crippen LogP contribution in [0.4, 0.5) is 8.78 Å². The highest BCUT2D eigenvalue weighted by atomic mass is 19.3. The molecule has 1 aromatic rings. The lowest BCUT2D eigenvalue weighted by Crippen LogP contribution is -2.40. The van der Waals surface area contributed by atoms with Crippen molar-refractivity contribution in [3.8, 4) is 0 Å². The highest BCUT2D eigenvalue weighted by Gasteiger charge is 2.23. The average Bonchev–Trinajstić information content (AvgIpc) is 2.46. The Balaban J connectivity index is 2.00. The van der Waals surface area contributed by atoms with E-state index in [9.17, 15) is 8.78 Å². The van der Waals surface area contributed by atoms with Crippen LogP contribution in [0.25, 0.3) is 0 Å². The molecule has 1 aliphatic rings. The minimum atomic E-state index is -2.39. The first-order valence-electron chi connectivity index (χ1n) is 7.46. The Morgan fingerprint density at radius 1 is 1.25 bits per heavy atom. The Morgan fingerprint density at radius 3 is 2.55 bits per heavy atom. The maximum Gasteiger partial charge on any atom is 0.263 e. The molecule has 0 unspecified atom stereocenters. The van der Waals surface area contributed by atoms with Gasteiger partial charge in [0.1, 0.15) is 0 Å². The zero-order valence-corrected chi connectivity index (χ0v) is 12.1. The molecular weight excluding hydrogens is 258 g/mol. The second-order valence-corrected chi connectivity index (χ2v) is 5.68. The van der Waals surface area contributed by atoms with E-state index in [4.69, 9.17) is 5.73 Å². The molecular formula is C16H24F2N2. The predicted molar refractivity (Wildman–Crippen MR) is 77.7 cm³/mol. The predicted octanol–water partition coefficient (Wildman–Crippen LogP) is 3.72. The third-order valence-electron chi connectivity index (χ3n) is 4.25. The molecule has 112 valence electrons. The molecule has 4 heteroatoms. The standard InChI is InChI=1S/C16H24F2N2/c1-2-20(15-8-6-14(19)7-9-15)11-12-4-3-5-13(10-12)16(17)18/h3-5,10,14-16H,2,6-9,11,19H2,1H3. The Kier molecular flexibility index (Phi) is 5.49. The van der Waals surface area contributed by atoms with Crippen molar-refractivity contribution in [1.29, 1.82) is 0 Å². The first-order chi connectivity index (χ1) is 9.60. The minimum Gasteiger partial charge on any atom is -0.328 e. The fourth-order valence-electron chi connectivity index (χ4n) is 3.03. The van der Waals surface area contributed by atoms with Crippen molar-refractivity contribution in [2.45, 2.75) is 57.7 Å². The maximum absolute atomic E-state index is 12.7. The van der Waals surface area contributed by atoms with Crippen LogP contribution in [0.2, 0.25) is 0 Å². The molecule has 1 aliphatic carbocycles. The number of nitrogens with zero attached hydrogens (tertiary/aromatic N) is 1. The van der Waals surface area contributed by atoms with Gasteiger partial charge in [0, 0.05) is 24.2 Å². The lowest BCUT2D eigenvalue weighted by molar-refractivity contribution is 0.146. The number of benzene rings is 1. The van der Waals surface area contributed by atoms with Crippen molar-refractivity contribution in [3.63, 3.8) is 0 Å². The molecule has 20 heavy (non-hydrogen) atoms. The molecule has 0 heterocycles. The van der Waals surface area contributed by atoms with Gasteiger partial charge in [0.15, 0.2) is 0 Å². The van der Waals surface area contributed by atoms with Crippen LogP contribution in [-0.4, -0.2) is 23.5 Å². The topological polar surface area (TPSA) is 29.3 Å². The van der Waals surface area contributed by atoms with E-state index in [1.54, 1.807) is 12.1 Å². The van der Waals surface area contributed by atoms with Crippen molar-refractivity contribution in [2.24, 2.45) is 5.73 Å². The Morgan fingerprint density at radius 2 is 1.95 bits per heavy atom. The van der Waals surface area contributed by atoms with E-state index in [0.29, 0.717) is 12.1 Å². The molecule has 0 saturated heterocycles. The third kappa shape index (κ3) is 4.00. The molecule has 0 aromatic heterocycles. The first kappa shape index (κ1) is 15.4. The zero-order chi connectivity index (χ0) is 14.5. The van der Waals surface area contributed by atoms with E-state index in [1.165, 1.54) is 6.07 Å². The van der Waals surface area contributed by atoms with Crippen LogP contribution < -0.4 is 5.73 Å². The zero-order valence-electron chi connectivity index (χ0n) is 12.1. The molecule has 1 fully saturated rings. The summed E-state index contributed by atoms with van der Waals surface area (Å²) in [6.45, 7) is 3.82. The molecule has 1 aromatic carbocycles. The van der Waals surface area contributed by atoms with Gasteiger partial charge in [-0.05, 0) is 43.9 Å². The fourth-order valence-corrected chi connectivity index (χ4v) is 3.03.